The van der Waals surface area contributed by atoms with E-state index in [2.05, 4.69) is 0 Å². The second-order valence-electron chi connectivity index (χ2n) is 4.46. The highest BCUT2D eigenvalue weighted by molar-refractivity contribution is 14.1. The molecule has 1 aliphatic rings. The average Bonchev–Trinajstić information content (AvgIpc) is 2.35. The minimum Gasteiger partial charge on any atom is -0.463 e. The molecule has 0 aromatic heterocycles. The van der Waals surface area contributed by atoms with Crippen molar-refractivity contribution in [3.63, 3.8) is 0 Å². The van der Waals surface area contributed by atoms with Gasteiger partial charge in [-0.25, -0.2) is 0 Å². The van der Waals surface area contributed by atoms with Crippen LogP contribution in [0, 0.1) is 0 Å². The Kier molecular flexibility index (Phi) is 6.81. The lowest BCUT2D eigenvalue weighted by Crippen LogP contribution is -2.59. The van der Waals surface area contributed by atoms with Gasteiger partial charge in [0.05, 0.1) is 3.92 Å². The second kappa shape index (κ2) is 7.90. The zero-order valence-corrected chi connectivity index (χ0v) is 13.9. The minimum absolute atomic E-state index is 0.107. The number of esters is 3. The summed E-state index contributed by atoms with van der Waals surface area (Å²) in [7, 11) is 0. The molecule has 0 aromatic rings. The molecular weight excluding hydrogens is 399 g/mol. The normalized spacial score (nSPS) is 32.1. The molecule has 0 aliphatic carbocycles. The number of aliphatic hydroxyl groups excluding tert-OH is 1. The van der Waals surface area contributed by atoms with Crippen molar-refractivity contribution in [3.8, 4) is 0 Å². The van der Waals surface area contributed by atoms with Crippen LogP contribution < -0.4 is 0 Å². The van der Waals surface area contributed by atoms with Gasteiger partial charge in [-0.15, -0.1) is 0 Å². The number of hydrogen-bond donors (Lipinski definition) is 1. The van der Waals surface area contributed by atoms with E-state index in [9.17, 15) is 19.5 Å². The van der Waals surface area contributed by atoms with Crippen LogP contribution in [0.3, 0.4) is 0 Å². The Morgan fingerprint density at radius 1 is 1.05 bits per heavy atom. The van der Waals surface area contributed by atoms with Gasteiger partial charge in [-0.3, -0.25) is 14.4 Å². The maximum Gasteiger partial charge on any atom is 0.303 e. The molecule has 1 saturated heterocycles. The zero-order chi connectivity index (χ0) is 16.2. The van der Waals surface area contributed by atoms with E-state index in [1.807, 2.05) is 22.6 Å². The molecule has 1 fully saturated rings. The predicted molar refractivity (Wildman–Crippen MR) is 76.4 cm³/mol. The van der Waals surface area contributed by atoms with Crippen LogP contribution in [0.5, 0.6) is 0 Å². The Bertz CT molecular complexity index is 412. The van der Waals surface area contributed by atoms with Crippen molar-refractivity contribution in [2.75, 3.05) is 6.61 Å². The monoisotopic (exact) mass is 416 g/mol. The van der Waals surface area contributed by atoms with Crippen molar-refractivity contribution in [2.45, 2.75) is 49.3 Å². The number of carbonyl (C=O) groups is 3. The Hall–Kier alpha value is -0.940. The highest BCUT2D eigenvalue weighted by Gasteiger charge is 2.48. The highest BCUT2D eigenvalue weighted by atomic mass is 127. The number of halogens is 1. The summed E-state index contributed by atoms with van der Waals surface area (Å²) < 4.78 is 19.7. The molecular formula is C12H17IO8. The van der Waals surface area contributed by atoms with E-state index in [-0.39, 0.29) is 6.61 Å². The lowest BCUT2D eigenvalue weighted by molar-refractivity contribution is -0.259. The standard InChI is InChI=1S/C12H17IO8/c1-5(14)18-4-8-9(13)10(19-6(2)15)11(12(17)21-8)20-7(3)16/h8-12,17H,4H2,1-3H3/t8?,9-,10?,11?,12-/m0/s1. The van der Waals surface area contributed by atoms with Crippen molar-refractivity contribution in [1.82, 2.24) is 0 Å². The van der Waals surface area contributed by atoms with Crippen LogP contribution in [0.25, 0.3) is 0 Å². The van der Waals surface area contributed by atoms with Crippen LogP contribution in [-0.2, 0) is 33.3 Å². The Balaban J connectivity index is 2.87. The zero-order valence-electron chi connectivity index (χ0n) is 11.8. The molecule has 5 atom stereocenters. The van der Waals surface area contributed by atoms with Gasteiger partial charge in [-0.2, -0.15) is 0 Å². The summed E-state index contributed by atoms with van der Waals surface area (Å²) >= 11 is 1.94. The minimum atomic E-state index is -1.48. The topological polar surface area (TPSA) is 108 Å². The van der Waals surface area contributed by atoms with Crippen LogP contribution in [0.4, 0.5) is 0 Å². The summed E-state index contributed by atoms with van der Waals surface area (Å²) in [6.07, 6.45) is -4.22. The third kappa shape index (κ3) is 5.40. The van der Waals surface area contributed by atoms with Gasteiger partial charge in [0.1, 0.15) is 12.7 Å². The smallest absolute Gasteiger partial charge is 0.303 e. The van der Waals surface area contributed by atoms with Gasteiger partial charge in [-0.05, 0) is 0 Å². The number of ether oxygens (including phenoxy) is 4. The first-order valence-electron chi connectivity index (χ1n) is 6.17. The lowest BCUT2D eigenvalue weighted by Gasteiger charge is -2.41. The molecule has 0 spiro atoms. The van der Waals surface area contributed by atoms with Gasteiger partial charge in [0.25, 0.3) is 0 Å². The van der Waals surface area contributed by atoms with Crippen molar-refractivity contribution < 1.29 is 38.4 Å². The Morgan fingerprint density at radius 3 is 2.05 bits per heavy atom. The van der Waals surface area contributed by atoms with E-state index in [1.54, 1.807) is 0 Å². The van der Waals surface area contributed by atoms with E-state index in [1.165, 1.54) is 20.8 Å². The molecule has 0 amide bonds. The van der Waals surface area contributed by atoms with Gasteiger partial charge in [0, 0.05) is 20.8 Å². The van der Waals surface area contributed by atoms with Crippen LogP contribution in [0.2, 0.25) is 0 Å². The van der Waals surface area contributed by atoms with Crippen LogP contribution in [0.15, 0.2) is 0 Å². The largest absolute Gasteiger partial charge is 0.463 e. The molecule has 1 rings (SSSR count). The lowest BCUT2D eigenvalue weighted by atomic mass is 10.0. The maximum absolute atomic E-state index is 11.2. The second-order valence-corrected chi connectivity index (χ2v) is 5.90. The van der Waals surface area contributed by atoms with Gasteiger partial charge < -0.3 is 24.1 Å². The Labute approximate surface area is 135 Å². The molecule has 0 radical (unpaired) electrons. The highest BCUT2D eigenvalue weighted by Crippen LogP contribution is 2.30. The molecule has 9 heteroatoms. The molecule has 120 valence electrons. The fourth-order valence-corrected chi connectivity index (χ4v) is 2.79. The molecule has 0 bridgehead atoms. The summed E-state index contributed by atoms with van der Waals surface area (Å²) in [5, 5.41) is 9.92. The predicted octanol–water partition coefficient (Wildman–Crippen LogP) is -0.0663. The van der Waals surface area contributed by atoms with E-state index < -0.39 is 46.4 Å². The number of alkyl halides is 1. The summed E-state index contributed by atoms with van der Waals surface area (Å²) in [6.45, 7) is 3.51. The van der Waals surface area contributed by atoms with Crippen molar-refractivity contribution in [1.29, 1.82) is 0 Å². The Morgan fingerprint density at radius 2 is 1.57 bits per heavy atom. The number of rotatable bonds is 4. The van der Waals surface area contributed by atoms with E-state index in [4.69, 9.17) is 18.9 Å². The molecule has 0 saturated carbocycles. The van der Waals surface area contributed by atoms with E-state index >= 15 is 0 Å². The third-order valence-electron chi connectivity index (χ3n) is 2.64. The molecule has 8 nitrogen and oxygen atoms in total. The van der Waals surface area contributed by atoms with Crippen molar-refractivity contribution in [3.05, 3.63) is 0 Å². The third-order valence-corrected chi connectivity index (χ3v) is 4.15. The fraction of sp³-hybridized carbons (Fsp3) is 0.750. The first kappa shape index (κ1) is 18.1. The number of hydrogen-bond acceptors (Lipinski definition) is 8. The quantitative estimate of drug-likeness (QED) is 0.294. The van der Waals surface area contributed by atoms with Crippen LogP contribution >= 0.6 is 22.6 Å². The van der Waals surface area contributed by atoms with Gasteiger partial charge in [0.2, 0.25) is 0 Å². The summed E-state index contributed by atoms with van der Waals surface area (Å²) in [4.78, 5) is 33.1. The fourth-order valence-electron chi connectivity index (χ4n) is 1.86. The number of aliphatic hydroxyl groups is 1. The summed E-state index contributed by atoms with van der Waals surface area (Å²) in [5.74, 6) is -1.72. The van der Waals surface area contributed by atoms with Gasteiger partial charge in [-0.1, -0.05) is 22.6 Å². The van der Waals surface area contributed by atoms with Crippen molar-refractivity contribution in [2.24, 2.45) is 0 Å². The van der Waals surface area contributed by atoms with Crippen molar-refractivity contribution >= 4 is 40.5 Å². The van der Waals surface area contributed by atoms with Crippen LogP contribution in [-0.4, -0.2) is 58.1 Å². The SMILES string of the molecule is CC(=O)OCC1O[C@H](O)C(OC(C)=O)C(OC(C)=O)[C@H]1I. The summed E-state index contributed by atoms with van der Waals surface area (Å²) in [6, 6.07) is 0. The molecule has 21 heavy (non-hydrogen) atoms. The molecule has 3 unspecified atom stereocenters. The first-order valence-corrected chi connectivity index (χ1v) is 7.42. The average molecular weight is 416 g/mol. The van der Waals surface area contributed by atoms with Gasteiger partial charge in [0.15, 0.2) is 18.5 Å². The van der Waals surface area contributed by atoms with E-state index in [0.717, 1.165) is 0 Å². The maximum atomic E-state index is 11.2. The van der Waals surface area contributed by atoms with Gasteiger partial charge >= 0.3 is 17.9 Å². The first-order chi connectivity index (χ1) is 9.72. The molecule has 1 aliphatic heterocycles. The molecule has 1 heterocycles. The molecule has 1 N–H and O–H groups in total. The molecule has 0 aromatic carbocycles. The van der Waals surface area contributed by atoms with E-state index in [0.29, 0.717) is 0 Å². The van der Waals surface area contributed by atoms with Crippen LogP contribution in [0.1, 0.15) is 20.8 Å². The summed E-state index contributed by atoms with van der Waals surface area (Å²) in [5.41, 5.74) is 0. The number of carbonyl (C=O) groups excluding carboxylic acids is 3.